The highest BCUT2D eigenvalue weighted by atomic mass is 16.1. The van der Waals surface area contributed by atoms with E-state index in [0.29, 0.717) is 5.92 Å². The van der Waals surface area contributed by atoms with Crippen molar-refractivity contribution < 1.29 is 4.79 Å². The molecule has 0 amide bonds. The number of carbonyl (C=O) groups excluding carboxylic acids is 1. The molecule has 1 fully saturated rings. The molecule has 0 radical (unpaired) electrons. The van der Waals surface area contributed by atoms with Crippen molar-refractivity contribution in [3.63, 3.8) is 0 Å². The molecule has 2 nitrogen and oxygen atoms in total. The van der Waals surface area contributed by atoms with Crippen LogP contribution in [0.5, 0.6) is 0 Å². The predicted molar refractivity (Wildman–Crippen MR) is 74.8 cm³/mol. The van der Waals surface area contributed by atoms with Crippen molar-refractivity contribution in [1.29, 1.82) is 0 Å². The van der Waals surface area contributed by atoms with Gasteiger partial charge in [0.25, 0.3) is 0 Å². The summed E-state index contributed by atoms with van der Waals surface area (Å²) >= 11 is 0. The van der Waals surface area contributed by atoms with E-state index in [-0.39, 0.29) is 5.78 Å². The van der Waals surface area contributed by atoms with Gasteiger partial charge in [-0.25, -0.2) is 0 Å². The number of Topliss-reactive ketones (excluding diaryl/α,β-unsaturated/α-hetero) is 1. The van der Waals surface area contributed by atoms with E-state index in [0.717, 1.165) is 30.4 Å². The molecule has 0 aromatic heterocycles. The summed E-state index contributed by atoms with van der Waals surface area (Å²) in [7, 11) is 0. The second kappa shape index (κ2) is 4.85. The van der Waals surface area contributed by atoms with Crippen LogP contribution in [0.3, 0.4) is 0 Å². The summed E-state index contributed by atoms with van der Waals surface area (Å²) in [5.41, 5.74) is 8.87. The number of carbonyl (C=O) groups is 1. The Hall–Kier alpha value is -1.15. The standard InChI is InChI=1S/C16H23NO/c1-11-5-4-8-16(17,10-11)15(18)14-7-6-12(2)13(3)9-14/h6-7,9,11H,4-5,8,10,17H2,1-3H3. The van der Waals surface area contributed by atoms with Crippen LogP contribution in [-0.2, 0) is 0 Å². The van der Waals surface area contributed by atoms with Crippen LogP contribution < -0.4 is 5.73 Å². The van der Waals surface area contributed by atoms with Crippen LogP contribution in [0.15, 0.2) is 18.2 Å². The van der Waals surface area contributed by atoms with Gasteiger partial charge in [0.15, 0.2) is 5.78 Å². The topological polar surface area (TPSA) is 43.1 Å². The third-order valence-electron chi connectivity index (χ3n) is 4.25. The van der Waals surface area contributed by atoms with Crippen LogP contribution >= 0.6 is 0 Å². The minimum absolute atomic E-state index is 0.122. The lowest BCUT2D eigenvalue weighted by molar-refractivity contribution is 0.0819. The van der Waals surface area contributed by atoms with Gasteiger partial charge in [0.1, 0.15) is 0 Å². The minimum atomic E-state index is -0.640. The van der Waals surface area contributed by atoms with Crippen molar-refractivity contribution in [1.82, 2.24) is 0 Å². The molecule has 1 aliphatic carbocycles. The third-order valence-corrected chi connectivity index (χ3v) is 4.25. The van der Waals surface area contributed by atoms with Gasteiger partial charge in [-0.05, 0) is 49.8 Å². The molecule has 0 aliphatic heterocycles. The van der Waals surface area contributed by atoms with Gasteiger partial charge >= 0.3 is 0 Å². The average Bonchev–Trinajstić information content (AvgIpc) is 2.31. The molecule has 1 aliphatic rings. The average molecular weight is 245 g/mol. The van der Waals surface area contributed by atoms with Crippen molar-refractivity contribution in [2.45, 2.75) is 52.0 Å². The maximum atomic E-state index is 12.6. The highest BCUT2D eigenvalue weighted by molar-refractivity contribution is 6.03. The molecule has 1 saturated carbocycles. The third kappa shape index (κ3) is 2.49. The first-order valence-corrected chi connectivity index (χ1v) is 6.83. The molecule has 0 bridgehead atoms. The van der Waals surface area contributed by atoms with Crippen LogP contribution in [0.2, 0.25) is 0 Å². The van der Waals surface area contributed by atoms with Crippen LogP contribution in [0, 0.1) is 19.8 Å². The highest BCUT2D eigenvalue weighted by Gasteiger charge is 2.38. The largest absolute Gasteiger partial charge is 0.319 e. The fourth-order valence-electron chi connectivity index (χ4n) is 2.97. The summed E-state index contributed by atoms with van der Waals surface area (Å²) < 4.78 is 0. The molecule has 18 heavy (non-hydrogen) atoms. The van der Waals surface area contributed by atoms with Crippen molar-refractivity contribution in [3.05, 3.63) is 34.9 Å². The maximum absolute atomic E-state index is 12.6. The van der Waals surface area contributed by atoms with Gasteiger partial charge in [0.05, 0.1) is 5.54 Å². The first-order chi connectivity index (χ1) is 8.42. The highest BCUT2D eigenvalue weighted by Crippen LogP contribution is 2.33. The second-order valence-electron chi connectivity index (χ2n) is 5.99. The normalized spacial score (nSPS) is 28.1. The SMILES string of the molecule is Cc1ccc(C(=O)C2(N)CCCC(C)C2)cc1C. The number of hydrogen-bond donors (Lipinski definition) is 1. The quantitative estimate of drug-likeness (QED) is 0.812. The molecular formula is C16H23NO. The second-order valence-corrected chi connectivity index (χ2v) is 5.99. The Balaban J connectivity index is 2.27. The van der Waals surface area contributed by atoms with Crippen LogP contribution in [0.4, 0.5) is 0 Å². The molecule has 2 rings (SSSR count). The lowest BCUT2D eigenvalue weighted by atomic mass is 9.73. The van der Waals surface area contributed by atoms with Gasteiger partial charge in [0.2, 0.25) is 0 Å². The summed E-state index contributed by atoms with van der Waals surface area (Å²) in [4.78, 5) is 12.6. The molecule has 0 saturated heterocycles. The Bertz CT molecular complexity index is 466. The van der Waals surface area contributed by atoms with Gasteiger partial charge < -0.3 is 5.73 Å². The summed E-state index contributed by atoms with van der Waals surface area (Å²) in [6, 6.07) is 5.91. The van der Waals surface area contributed by atoms with E-state index >= 15 is 0 Å². The smallest absolute Gasteiger partial charge is 0.182 e. The molecule has 2 heteroatoms. The lowest BCUT2D eigenvalue weighted by Gasteiger charge is -2.35. The van der Waals surface area contributed by atoms with Crippen molar-refractivity contribution in [2.24, 2.45) is 11.7 Å². The summed E-state index contributed by atoms with van der Waals surface area (Å²) in [6.45, 7) is 6.29. The molecule has 0 spiro atoms. The van der Waals surface area contributed by atoms with E-state index in [2.05, 4.69) is 13.8 Å². The number of benzene rings is 1. The molecule has 2 unspecified atom stereocenters. The van der Waals surface area contributed by atoms with Gasteiger partial charge in [-0.15, -0.1) is 0 Å². The Labute approximate surface area is 110 Å². The lowest BCUT2D eigenvalue weighted by Crippen LogP contribution is -2.51. The van der Waals surface area contributed by atoms with Crippen LogP contribution in [0.25, 0.3) is 0 Å². The van der Waals surface area contributed by atoms with Crippen LogP contribution in [-0.4, -0.2) is 11.3 Å². The first kappa shape index (κ1) is 13.3. The number of aryl methyl sites for hydroxylation is 2. The van der Waals surface area contributed by atoms with E-state index in [1.165, 1.54) is 12.0 Å². The molecule has 1 aromatic carbocycles. The van der Waals surface area contributed by atoms with E-state index in [1.54, 1.807) is 0 Å². The van der Waals surface area contributed by atoms with Gasteiger partial charge in [-0.1, -0.05) is 31.9 Å². The number of ketones is 1. The van der Waals surface area contributed by atoms with Gasteiger partial charge in [-0.3, -0.25) is 4.79 Å². The fourth-order valence-corrected chi connectivity index (χ4v) is 2.97. The molecule has 0 heterocycles. The number of rotatable bonds is 2. The van der Waals surface area contributed by atoms with Gasteiger partial charge in [0, 0.05) is 5.56 Å². The predicted octanol–water partition coefficient (Wildman–Crippen LogP) is 3.39. The first-order valence-electron chi connectivity index (χ1n) is 6.83. The molecule has 2 atom stereocenters. The zero-order chi connectivity index (χ0) is 13.3. The Morgan fingerprint density at radius 2 is 2.06 bits per heavy atom. The van der Waals surface area contributed by atoms with E-state index in [9.17, 15) is 4.79 Å². The zero-order valence-electron chi connectivity index (χ0n) is 11.6. The van der Waals surface area contributed by atoms with Crippen molar-refractivity contribution in [3.8, 4) is 0 Å². The van der Waals surface area contributed by atoms with E-state index < -0.39 is 5.54 Å². The number of nitrogens with two attached hydrogens (primary N) is 1. The summed E-state index contributed by atoms with van der Waals surface area (Å²) in [5.74, 6) is 0.677. The van der Waals surface area contributed by atoms with Gasteiger partial charge in [-0.2, -0.15) is 0 Å². The Kier molecular flexibility index (Phi) is 3.58. The van der Waals surface area contributed by atoms with E-state index in [1.807, 2.05) is 25.1 Å². The maximum Gasteiger partial charge on any atom is 0.182 e. The van der Waals surface area contributed by atoms with Crippen LogP contribution in [0.1, 0.15) is 54.1 Å². The minimum Gasteiger partial charge on any atom is -0.319 e. The molecular weight excluding hydrogens is 222 g/mol. The Morgan fingerprint density at radius 1 is 1.33 bits per heavy atom. The molecule has 98 valence electrons. The van der Waals surface area contributed by atoms with Crippen molar-refractivity contribution >= 4 is 5.78 Å². The fraction of sp³-hybridized carbons (Fsp3) is 0.562. The van der Waals surface area contributed by atoms with Crippen molar-refractivity contribution in [2.75, 3.05) is 0 Å². The Morgan fingerprint density at radius 3 is 2.67 bits per heavy atom. The molecule has 2 N–H and O–H groups in total. The zero-order valence-corrected chi connectivity index (χ0v) is 11.6. The summed E-state index contributed by atoms with van der Waals surface area (Å²) in [6.07, 6.45) is 3.90. The number of hydrogen-bond acceptors (Lipinski definition) is 2. The summed E-state index contributed by atoms with van der Waals surface area (Å²) in [5, 5.41) is 0. The molecule has 1 aromatic rings. The monoisotopic (exact) mass is 245 g/mol. The van der Waals surface area contributed by atoms with E-state index in [4.69, 9.17) is 5.73 Å².